The molecule has 1 unspecified atom stereocenters. The maximum atomic E-state index is 12.0. The summed E-state index contributed by atoms with van der Waals surface area (Å²) >= 11 is 0. The van der Waals surface area contributed by atoms with Gasteiger partial charge in [0.2, 0.25) is 0 Å². The summed E-state index contributed by atoms with van der Waals surface area (Å²) in [5.41, 5.74) is 5.01. The van der Waals surface area contributed by atoms with Crippen LogP contribution in [0.3, 0.4) is 0 Å². The third-order valence-electron chi connectivity index (χ3n) is 3.13. The summed E-state index contributed by atoms with van der Waals surface area (Å²) in [7, 11) is 0. The van der Waals surface area contributed by atoms with Gasteiger partial charge in [0, 0.05) is 18.3 Å². The molecule has 12 heteroatoms. The second-order valence-electron chi connectivity index (χ2n) is 5.20. The number of alkyl halides is 3. The number of amides is 1. The predicted octanol–water partition coefficient (Wildman–Crippen LogP) is -0.767. The SMILES string of the molecule is CC(O)[C@@H](CO)OCn1cc(/C=C/CNC(=O)C(F)(F)F)c(N)nc1=O. The molecule has 146 valence electrons. The lowest BCUT2D eigenvalue weighted by Crippen LogP contribution is -2.36. The molecule has 1 rings (SSSR count). The Morgan fingerprint density at radius 2 is 2.19 bits per heavy atom. The van der Waals surface area contributed by atoms with Gasteiger partial charge in [-0.15, -0.1) is 0 Å². The highest BCUT2D eigenvalue weighted by Gasteiger charge is 2.37. The molecule has 0 saturated carbocycles. The van der Waals surface area contributed by atoms with E-state index >= 15 is 0 Å². The van der Waals surface area contributed by atoms with Gasteiger partial charge in [0.1, 0.15) is 18.7 Å². The van der Waals surface area contributed by atoms with Crippen molar-refractivity contribution in [1.82, 2.24) is 14.9 Å². The van der Waals surface area contributed by atoms with Gasteiger partial charge in [0.05, 0.1) is 12.7 Å². The number of hydrogen-bond acceptors (Lipinski definition) is 7. The molecule has 0 aliphatic carbocycles. The number of nitrogens with zero attached hydrogens (tertiary/aromatic N) is 2. The first kappa shape index (κ1) is 21.6. The van der Waals surface area contributed by atoms with Gasteiger partial charge in [-0.2, -0.15) is 18.2 Å². The Kier molecular flexibility index (Phi) is 7.74. The third kappa shape index (κ3) is 6.46. The molecule has 0 fully saturated rings. The number of carbonyl (C=O) groups is 1. The van der Waals surface area contributed by atoms with Crippen LogP contribution in [0.5, 0.6) is 0 Å². The van der Waals surface area contributed by atoms with E-state index in [1.54, 1.807) is 5.32 Å². The summed E-state index contributed by atoms with van der Waals surface area (Å²) in [6.07, 6.45) is -3.17. The van der Waals surface area contributed by atoms with Crippen molar-refractivity contribution in [2.45, 2.75) is 32.0 Å². The van der Waals surface area contributed by atoms with E-state index in [1.165, 1.54) is 25.3 Å². The average molecular weight is 380 g/mol. The summed E-state index contributed by atoms with van der Waals surface area (Å²) in [6, 6.07) is 0. The first-order valence-corrected chi connectivity index (χ1v) is 7.35. The van der Waals surface area contributed by atoms with Crippen molar-refractivity contribution < 1.29 is 32.9 Å². The molecule has 0 bridgehead atoms. The van der Waals surface area contributed by atoms with Crippen molar-refractivity contribution >= 4 is 17.8 Å². The minimum absolute atomic E-state index is 0.168. The van der Waals surface area contributed by atoms with Gasteiger partial charge in [-0.05, 0) is 6.92 Å². The second-order valence-corrected chi connectivity index (χ2v) is 5.20. The van der Waals surface area contributed by atoms with Gasteiger partial charge >= 0.3 is 17.8 Å². The van der Waals surface area contributed by atoms with E-state index in [4.69, 9.17) is 15.6 Å². The van der Waals surface area contributed by atoms with Crippen LogP contribution in [-0.2, 0) is 16.3 Å². The maximum absolute atomic E-state index is 12.0. The number of hydrogen-bond donors (Lipinski definition) is 4. The van der Waals surface area contributed by atoms with Crippen LogP contribution in [0.2, 0.25) is 0 Å². The van der Waals surface area contributed by atoms with E-state index < -0.39 is 43.1 Å². The maximum Gasteiger partial charge on any atom is 0.471 e. The number of carbonyl (C=O) groups excluding carboxylic acids is 1. The zero-order valence-corrected chi connectivity index (χ0v) is 13.7. The van der Waals surface area contributed by atoms with E-state index in [0.717, 1.165) is 4.57 Å². The van der Waals surface area contributed by atoms with Crippen molar-refractivity contribution in [2.24, 2.45) is 0 Å². The number of rotatable bonds is 8. The summed E-state index contributed by atoms with van der Waals surface area (Å²) in [6.45, 7) is 0.171. The van der Waals surface area contributed by atoms with Crippen molar-refractivity contribution in [3.8, 4) is 0 Å². The molecule has 1 amide bonds. The number of halogens is 3. The van der Waals surface area contributed by atoms with Gasteiger partial charge in [0.15, 0.2) is 0 Å². The standard InChI is InChI=1S/C14H19F3N4O5/c1-8(23)10(6-22)26-7-21-5-9(11(18)20-13(21)25)3-2-4-19-12(24)14(15,16)17/h2-3,5,8,10,22-23H,4,6-7H2,1H3,(H,19,24)(H2,18,20,25)/b3-2+/t8?,10-/m1/s1. The van der Waals surface area contributed by atoms with Crippen LogP contribution in [0.15, 0.2) is 17.1 Å². The summed E-state index contributed by atoms with van der Waals surface area (Å²) in [4.78, 5) is 26.0. The quantitative estimate of drug-likeness (QED) is 0.464. The summed E-state index contributed by atoms with van der Waals surface area (Å²) in [5.74, 6) is -2.25. The van der Waals surface area contributed by atoms with Crippen LogP contribution in [-0.4, -0.2) is 57.2 Å². The molecule has 5 N–H and O–H groups in total. The largest absolute Gasteiger partial charge is 0.471 e. The minimum atomic E-state index is -4.98. The minimum Gasteiger partial charge on any atom is -0.394 e. The molecule has 0 spiro atoms. The molecule has 0 radical (unpaired) electrons. The van der Waals surface area contributed by atoms with Crippen LogP contribution >= 0.6 is 0 Å². The molecular formula is C14H19F3N4O5. The van der Waals surface area contributed by atoms with Crippen molar-refractivity contribution in [3.63, 3.8) is 0 Å². The van der Waals surface area contributed by atoms with Gasteiger partial charge < -0.3 is 26.0 Å². The fourth-order valence-electron chi connectivity index (χ4n) is 1.70. The Morgan fingerprint density at radius 3 is 2.73 bits per heavy atom. The Balaban J connectivity index is 2.79. The number of nitrogens with one attached hydrogen (secondary N) is 1. The fraction of sp³-hybridized carbons (Fsp3) is 0.500. The molecule has 0 aliphatic rings. The topological polar surface area (TPSA) is 140 Å². The normalized spacial score (nSPS) is 14.4. The smallest absolute Gasteiger partial charge is 0.394 e. The Labute approximate surface area is 145 Å². The van der Waals surface area contributed by atoms with E-state index in [-0.39, 0.29) is 18.1 Å². The summed E-state index contributed by atoms with van der Waals surface area (Å²) < 4.78 is 42.3. The highest BCUT2D eigenvalue weighted by atomic mass is 19.4. The van der Waals surface area contributed by atoms with Crippen LogP contribution in [0.25, 0.3) is 6.08 Å². The zero-order chi connectivity index (χ0) is 19.9. The van der Waals surface area contributed by atoms with Crippen LogP contribution in [0.1, 0.15) is 12.5 Å². The molecule has 1 aromatic heterocycles. The number of anilines is 1. The van der Waals surface area contributed by atoms with Crippen molar-refractivity contribution in [2.75, 3.05) is 18.9 Å². The molecule has 0 saturated heterocycles. The molecular weight excluding hydrogens is 361 g/mol. The zero-order valence-electron chi connectivity index (χ0n) is 13.7. The number of aromatic nitrogens is 2. The van der Waals surface area contributed by atoms with Crippen molar-refractivity contribution in [1.29, 1.82) is 0 Å². The van der Waals surface area contributed by atoms with E-state index in [2.05, 4.69) is 4.98 Å². The van der Waals surface area contributed by atoms with Crippen molar-refractivity contribution in [3.05, 3.63) is 28.3 Å². The molecule has 1 aromatic rings. The molecule has 0 aromatic carbocycles. The lowest BCUT2D eigenvalue weighted by Gasteiger charge is -2.18. The van der Waals surface area contributed by atoms with E-state index in [1.807, 2.05) is 0 Å². The average Bonchev–Trinajstić information content (AvgIpc) is 2.53. The molecule has 26 heavy (non-hydrogen) atoms. The van der Waals surface area contributed by atoms with Gasteiger partial charge in [0.25, 0.3) is 0 Å². The van der Waals surface area contributed by atoms with Crippen LogP contribution in [0, 0.1) is 0 Å². The van der Waals surface area contributed by atoms with E-state index in [9.17, 15) is 27.9 Å². The van der Waals surface area contributed by atoms with Gasteiger partial charge in [-0.3, -0.25) is 9.36 Å². The lowest BCUT2D eigenvalue weighted by atomic mass is 10.2. The lowest BCUT2D eigenvalue weighted by molar-refractivity contribution is -0.173. The second kappa shape index (κ2) is 9.31. The van der Waals surface area contributed by atoms with Crippen LogP contribution in [0.4, 0.5) is 19.0 Å². The first-order valence-electron chi connectivity index (χ1n) is 7.35. The van der Waals surface area contributed by atoms with E-state index in [0.29, 0.717) is 0 Å². The predicted molar refractivity (Wildman–Crippen MR) is 84.6 cm³/mol. The number of aliphatic hydroxyl groups is 2. The first-order chi connectivity index (χ1) is 12.1. The molecule has 0 aliphatic heterocycles. The highest BCUT2D eigenvalue weighted by Crippen LogP contribution is 2.14. The molecule has 2 atom stereocenters. The third-order valence-corrected chi connectivity index (χ3v) is 3.13. The fourth-order valence-corrected chi connectivity index (χ4v) is 1.70. The Bertz CT molecular complexity index is 703. The summed E-state index contributed by atoms with van der Waals surface area (Å²) in [5, 5.41) is 20.1. The number of aliphatic hydroxyl groups excluding tert-OH is 2. The molecule has 1 heterocycles. The monoisotopic (exact) mass is 380 g/mol. The highest BCUT2D eigenvalue weighted by molar-refractivity contribution is 5.81. The number of ether oxygens (including phenoxy) is 1. The number of nitrogens with two attached hydrogens (primary N) is 1. The Hall–Kier alpha value is -2.44. The number of nitrogen functional groups attached to an aromatic ring is 1. The molecule has 9 nitrogen and oxygen atoms in total. The Morgan fingerprint density at radius 1 is 1.54 bits per heavy atom. The van der Waals surface area contributed by atoms with Gasteiger partial charge in [-0.1, -0.05) is 12.2 Å². The van der Waals surface area contributed by atoms with Crippen LogP contribution < -0.4 is 16.7 Å². The van der Waals surface area contributed by atoms with Gasteiger partial charge in [-0.25, -0.2) is 4.79 Å².